The van der Waals surface area contributed by atoms with Crippen molar-refractivity contribution >= 4 is 44.9 Å². The summed E-state index contributed by atoms with van der Waals surface area (Å²) in [5, 5.41) is 4.74. The molecule has 0 atom stereocenters. The normalized spacial score (nSPS) is 10.7. The maximum atomic E-state index is 12.0. The molecule has 3 rings (SSSR count). The topological polar surface area (TPSA) is 54.9 Å². The van der Waals surface area contributed by atoms with Gasteiger partial charge in [-0.3, -0.25) is 4.79 Å². The van der Waals surface area contributed by atoms with Crippen LogP contribution in [0, 0.1) is 6.92 Å². The molecule has 2 aromatic heterocycles. The molecule has 2 heterocycles. The average Bonchev–Trinajstić information content (AvgIpc) is 2.87. The maximum absolute atomic E-state index is 12.0. The van der Waals surface area contributed by atoms with Crippen molar-refractivity contribution in [2.75, 3.05) is 11.1 Å². The van der Waals surface area contributed by atoms with E-state index in [0.29, 0.717) is 5.75 Å². The van der Waals surface area contributed by atoms with Crippen LogP contribution in [0.3, 0.4) is 0 Å². The number of fused-ring (bicyclic) bond motifs is 1. The Kier molecular flexibility index (Phi) is 4.17. The summed E-state index contributed by atoms with van der Waals surface area (Å²) in [5.74, 6) is 0.292. The number of nitrogens with zero attached hydrogens (tertiary/aromatic N) is 2. The van der Waals surface area contributed by atoms with E-state index in [4.69, 9.17) is 0 Å². The van der Waals surface area contributed by atoms with Crippen molar-refractivity contribution < 1.29 is 4.79 Å². The number of rotatable bonds is 4. The minimum Gasteiger partial charge on any atom is -0.325 e. The Labute approximate surface area is 130 Å². The van der Waals surface area contributed by atoms with E-state index in [9.17, 15) is 4.79 Å². The van der Waals surface area contributed by atoms with Crippen LogP contribution in [-0.4, -0.2) is 21.6 Å². The molecule has 0 unspecified atom stereocenters. The fourth-order valence-electron chi connectivity index (χ4n) is 1.92. The zero-order chi connectivity index (χ0) is 14.7. The second-order valence-corrected chi connectivity index (χ2v) is 6.66. The van der Waals surface area contributed by atoms with Gasteiger partial charge in [-0.2, -0.15) is 0 Å². The highest BCUT2D eigenvalue weighted by molar-refractivity contribution is 8.00. The van der Waals surface area contributed by atoms with E-state index in [1.807, 2.05) is 37.3 Å². The van der Waals surface area contributed by atoms with Gasteiger partial charge < -0.3 is 5.32 Å². The van der Waals surface area contributed by atoms with Crippen LogP contribution in [0.25, 0.3) is 10.2 Å². The molecule has 0 spiro atoms. The molecule has 0 fully saturated rings. The molecule has 4 nitrogen and oxygen atoms in total. The van der Waals surface area contributed by atoms with E-state index >= 15 is 0 Å². The molecule has 0 bridgehead atoms. The van der Waals surface area contributed by atoms with Gasteiger partial charge >= 0.3 is 0 Å². The minimum absolute atomic E-state index is 0.0371. The van der Waals surface area contributed by atoms with Gasteiger partial charge in [0.2, 0.25) is 5.91 Å². The first kappa shape index (κ1) is 14.0. The summed E-state index contributed by atoms with van der Waals surface area (Å²) in [6, 6.07) is 11.5. The number of hydrogen-bond donors (Lipinski definition) is 1. The molecular weight excluding hydrogens is 302 g/mol. The Morgan fingerprint density at radius 1 is 1.29 bits per heavy atom. The molecule has 6 heteroatoms. The third kappa shape index (κ3) is 3.40. The number of aryl methyl sites for hydroxylation is 1. The lowest BCUT2D eigenvalue weighted by Gasteiger charge is -2.04. The van der Waals surface area contributed by atoms with Crippen LogP contribution in [-0.2, 0) is 4.79 Å². The summed E-state index contributed by atoms with van der Waals surface area (Å²) in [4.78, 5) is 22.6. The van der Waals surface area contributed by atoms with Crippen LogP contribution >= 0.6 is 23.1 Å². The molecule has 3 aromatic rings. The van der Waals surface area contributed by atoms with Gasteiger partial charge in [0, 0.05) is 16.0 Å². The predicted molar refractivity (Wildman–Crippen MR) is 87.9 cm³/mol. The first-order valence-electron chi connectivity index (χ1n) is 6.41. The van der Waals surface area contributed by atoms with Crippen molar-refractivity contribution in [3.05, 3.63) is 47.6 Å². The van der Waals surface area contributed by atoms with Gasteiger partial charge in [0.1, 0.15) is 16.2 Å². The lowest BCUT2D eigenvalue weighted by molar-refractivity contribution is -0.113. The zero-order valence-electron chi connectivity index (χ0n) is 11.4. The number of aromatic nitrogens is 2. The molecule has 0 saturated heterocycles. The van der Waals surface area contributed by atoms with Crippen LogP contribution in [0.5, 0.6) is 0 Å². The SMILES string of the molecule is Cc1cc2c(SCC(=O)Nc3ccccc3)ncnc2s1. The molecule has 0 saturated carbocycles. The van der Waals surface area contributed by atoms with Gasteiger partial charge in [0.25, 0.3) is 0 Å². The molecular formula is C15H13N3OS2. The number of carbonyl (C=O) groups is 1. The van der Waals surface area contributed by atoms with Crippen LogP contribution < -0.4 is 5.32 Å². The van der Waals surface area contributed by atoms with Gasteiger partial charge in [-0.1, -0.05) is 30.0 Å². The van der Waals surface area contributed by atoms with Crippen LogP contribution in [0.15, 0.2) is 47.8 Å². The molecule has 1 N–H and O–H groups in total. The second kappa shape index (κ2) is 6.24. The average molecular weight is 315 g/mol. The number of para-hydroxylation sites is 1. The smallest absolute Gasteiger partial charge is 0.234 e. The number of anilines is 1. The van der Waals surface area contributed by atoms with Crippen molar-refractivity contribution in [2.24, 2.45) is 0 Å². The molecule has 21 heavy (non-hydrogen) atoms. The summed E-state index contributed by atoms with van der Waals surface area (Å²) in [7, 11) is 0. The molecule has 1 aromatic carbocycles. The summed E-state index contributed by atoms with van der Waals surface area (Å²) in [5.41, 5.74) is 0.808. The summed E-state index contributed by atoms with van der Waals surface area (Å²) in [6.45, 7) is 2.04. The highest BCUT2D eigenvalue weighted by Crippen LogP contribution is 2.30. The van der Waals surface area contributed by atoms with E-state index in [-0.39, 0.29) is 5.91 Å². The number of benzene rings is 1. The first-order valence-corrected chi connectivity index (χ1v) is 8.21. The van der Waals surface area contributed by atoms with E-state index in [2.05, 4.69) is 21.4 Å². The van der Waals surface area contributed by atoms with Gasteiger partial charge in [-0.25, -0.2) is 9.97 Å². The minimum atomic E-state index is -0.0371. The lowest BCUT2D eigenvalue weighted by atomic mass is 10.3. The maximum Gasteiger partial charge on any atom is 0.234 e. The Morgan fingerprint density at radius 2 is 2.10 bits per heavy atom. The van der Waals surface area contributed by atoms with E-state index < -0.39 is 0 Å². The third-order valence-corrected chi connectivity index (χ3v) is 4.78. The number of hydrogen-bond acceptors (Lipinski definition) is 5. The fraction of sp³-hybridized carbons (Fsp3) is 0.133. The van der Waals surface area contributed by atoms with Crippen LogP contribution in [0.2, 0.25) is 0 Å². The second-order valence-electron chi connectivity index (χ2n) is 4.46. The van der Waals surface area contributed by atoms with Crippen molar-refractivity contribution in [3.8, 4) is 0 Å². The summed E-state index contributed by atoms with van der Waals surface area (Å²) in [6.07, 6.45) is 1.55. The van der Waals surface area contributed by atoms with Crippen molar-refractivity contribution in [2.45, 2.75) is 11.9 Å². The molecule has 1 amide bonds. The van der Waals surface area contributed by atoms with Crippen molar-refractivity contribution in [3.63, 3.8) is 0 Å². The van der Waals surface area contributed by atoms with E-state index in [1.165, 1.54) is 16.6 Å². The zero-order valence-corrected chi connectivity index (χ0v) is 13.0. The predicted octanol–water partition coefficient (Wildman–Crippen LogP) is 3.73. The Balaban J connectivity index is 1.67. The van der Waals surface area contributed by atoms with Crippen LogP contribution in [0.4, 0.5) is 5.69 Å². The standard InChI is InChI=1S/C15H13N3OS2/c1-10-7-12-14(16-9-17-15(12)21-10)20-8-13(19)18-11-5-3-2-4-6-11/h2-7,9H,8H2,1H3,(H,18,19). The molecule has 0 aliphatic carbocycles. The summed E-state index contributed by atoms with van der Waals surface area (Å²) < 4.78 is 0. The van der Waals surface area contributed by atoms with Gasteiger partial charge in [-0.05, 0) is 25.1 Å². The monoisotopic (exact) mass is 315 g/mol. The number of nitrogens with one attached hydrogen (secondary N) is 1. The van der Waals surface area contributed by atoms with Gasteiger partial charge in [-0.15, -0.1) is 11.3 Å². The largest absolute Gasteiger partial charge is 0.325 e. The fourth-order valence-corrected chi connectivity index (χ4v) is 3.61. The Morgan fingerprint density at radius 3 is 2.90 bits per heavy atom. The Hall–Kier alpha value is -1.92. The number of thioether (sulfide) groups is 1. The number of carbonyl (C=O) groups excluding carboxylic acids is 1. The van der Waals surface area contributed by atoms with Crippen molar-refractivity contribution in [1.29, 1.82) is 0 Å². The lowest BCUT2D eigenvalue weighted by Crippen LogP contribution is -2.13. The highest BCUT2D eigenvalue weighted by atomic mass is 32.2. The van der Waals surface area contributed by atoms with Crippen molar-refractivity contribution in [1.82, 2.24) is 9.97 Å². The quantitative estimate of drug-likeness (QED) is 0.589. The van der Waals surface area contributed by atoms with E-state index in [0.717, 1.165) is 20.9 Å². The highest BCUT2D eigenvalue weighted by Gasteiger charge is 2.10. The van der Waals surface area contributed by atoms with Crippen LogP contribution in [0.1, 0.15) is 4.88 Å². The Bertz CT molecular complexity index is 771. The first-order chi connectivity index (χ1) is 10.2. The molecule has 0 radical (unpaired) electrons. The molecule has 0 aliphatic rings. The van der Waals surface area contributed by atoms with Gasteiger partial charge in [0.15, 0.2) is 0 Å². The third-order valence-electron chi connectivity index (χ3n) is 2.81. The summed E-state index contributed by atoms with van der Waals surface area (Å²) >= 11 is 3.07. The van der Waals surface area contributed by atoms with E-state index in [1.54, 1.807) is 17.7 Å². The van der Waals surface area contributed by atoms with Gasteiger partial charge in [0.05, 0.1) is 5.75 Å². The molecule has 0 aliphatic heterocycles. The number of amides is 1. The number of thiophene rings is 1. The molecule has 106 valence electrons.